The van der Waals surface area contributed by atoms with Crippen molar-refractivity contribution >= 4 is 23.4 Å². The number of hydrogen-bond donors (Lipinski definition) is 0. The summed E-state index contributed by atoms with van der Waals surface area (Å²) in [6.45, 7) is 3.81. The Balaban J connectivity index is 1.96. The Bertz CT molecular complexity index is 1250. The number of nitrogens with zero attached hydrogens (tertiary/aromatic N) is 2. The molecular formula is C23H20N2O3S. The van der Waals surface area contributed by atoms with Crippen LogP contribution in [-0.2, 0) is 9.53 Å². The molecule has 0 bridgehead atoms. The molecule has 0 aliphatic carbocycles. The van der Waals surface area contributed by atoms with Gasteiger partial charge in [-0.15, -0.1) is 0 Å². The summed E-state index contributed by atoms with van der Waals surface area (Å²) in [6, 6.07) is 18.6. The summed E-state index contributed by atoms with van der Waals surface area (Å²) in [4.78, 5) is 31.2. The Labute approximate surface area is 171 Å². The lowest BCUT2D eigenvalue weighted by molar-refractivity contribution is -0.139. The molecule has 0 N–H and O–H groups in total. The van der Waals surface area contributed by atoms with E-state index in [0.717, 1.165) is 11.1 Å². The second-order valence-electron chi connectivity index (χ2n) is 6.62. The molecular weight excluding hydrogens is 384 g/mol. The monoisotopic (exact) mass is 404 g/mol. The molecule has 0 radical (unpaired) electrons. The molecule has 5 nitrogen and oxygen atoms in total. The summed E-state index contributed by atoms with van der Waals surface area (Å²) in [5.74, 6) is -0.444. The molecule has 1 aliphatic rings. The van der Waals surface area contributed by atoms with Gasteiger partial charge in [-0.2, -0.15) is 0 Å². The van der Waals surface area contributed by atoms with Crippen molar-refractivity contribution < 1.29 is 9.53 Å². The van der Waals surface area contributed by atoms with E-state index in [2.05, 4.69) is 4.99 Å². The molecule has 0 saturated heterocycles. The van der Waals surface area contributed by atoms with Crippen molar-refractivity contribution in [2.75, 3.05) is 6.61 Å². The molecule has 1 aromatic heterocycles. The van der Waals surface area contributed by atoms with E-state index in [1.54, 1.807) is 18.4 Å². The van der Waals surface area contributed by atoms with E-state index >= 15 is 0 Å². The van der Waals surface area contributed by atoms with E-state index < -0.39 is 12.0 Å². The van der Waals surface area contributed by atoms with Crippen molar-refractivity contribution in [1.29, 1.82) is 0 Å². The van der Waals surface area contributed by atoms with Crippen molar-refractivity contribution in [2.45, 2.75) is 19.9 Å². The lowest BCUT2D eigenvalue weighted by Gasteiger charge is -2.24. The van der Waals surface area contributed by atoms with E-state index in [0.29, 0.717) is 20.6 Å². The van der Waals surface area contributed by atoms with Gasteiger partial charge in [-0.25, -0.2) is 9.79 Å². The van der Waals surface area contributed by atoms with E-state index in [4.69, 9.17) is 4.74 Å². The first-order chi connectivity index (χ1) is 14.1. The zero-order valence-electron chi connectivity index (χ0n) is 16.2. The first kappa shape index (κ1) is 19.1. The molecule has 146 valence electrons. The van der Waals surface area contributed by atoms with Crippen LogP contribution in [-0.4, -0.2) is 17.1 Å². The first-order valence-electron chi connectivity index (χ1n) is 9.40. The SMILES string of the molecule is CCOC(=O)C1=C(C)N=c2s/c(=C\c3ccccc3)c(=O)n2[C@@H]1c1ccccc1. The predicted octanol–water partition coefficient (Wildman–Crippen LogP) is 2.80. The average Bonchev–Trinajstić information content (AvgIpc) is 3.03. The topological polar surface area (TPSA) is 60.7 Å². The van der Waals surface area contributed by atoms with Crippen LogP contribution < -0.4 is 14.9 Å². The molecule has 0 saturated carbocycles. The van der Waals surface area contributed by atoms with Crippen LogP contribution in [0.3, 0.4) is 0 Å². The van der Waals surface area contributed by atoms with Gasteiger partial charge in [-0.05, 0) is 31.1 Å². The fourth-order valence-corrected chi connectivity index (χ4v) is 4.49. The molecule has 1 aliphatic heterocycles. The van der Waals surface area contributed by atoms with Gasteiger partial charge in [0.1, 0.15) is 0 Å². The van der Waals surface area contributed by atoms with Gasteiger partial charge >= 0.3 is 5.97 Å². The zero-order chi connectivity index (χ0) is 20.4. The maximum Gasteiger partial charge on any atom is 0.338 e. The normalized spacial score (nSPS) is 16.3. The average molecular weight is 404 g/mol. The van der Waals surface area contributed by atoms with E-state index in [9.17, 15) is 9.59 Å². The number of aromatic nitrogens is 1. The summed E-state index contributed by atoms with van der Waals surface area (Å²) in [6.07, 6.45) is 1.86. The second-order valence-corrected chi connectivity index (χ2v) is 7.63. The van der Waals surface area contributed by atoms with Crippen LogP contribution in [0.25, 0.3) is 6.08 Å². The number of hydrogen-bond acceptors (Lipinski definition) is 5. The molecule has 0 unspecified atom stereocenters. The first-order valence-corrected chi connectivity index (χ1v) is 10.2. The number of ether oxygens (including phenoxy) is 1. The van der Waals surface area contributed by atoms with Crippen LogP contribution in [0.4, 0.5) is 0 Å². The highest BCUT2D eigenvalue weighted by Gasteiger charge is 2.33. The molecule has 0 amide bonds. The molecule has 0 fully saturated rings. The number of allylic oxidation sites excluding steroid dienone is 1. The number of benzene rings is 2. The van der Waals surface area contributed by atoms with Crippen molar-refractivity contribution in [3.05, 3.63) is 103 Å². The number of rotatable bonds is 4. The van der Waals surface area contributed by atoms with Crippen molar-refractivity contribution in [2.24, 2.45) is 4.99 Å². The highest BCUT2D eigenvalue weighted by Crippen LogP contribution is 2.30. The quantitative estimate of drug-likeness (QED) is 0.629. The smallest absolute Gasteiger partial charge is 0.338 e. The summed E-state index contributed by atoms with van der Waals surface area (Å²) >= 11 is 1.33. The molecule has 0 spiro atoms. The van der Waals surface area contributed by atoms with Crippen LogP contribution in [0.15, 0.2) is 81.7 Å². The van der Waals surface area contributed by atoms with Gasteiger partial charge in [0.25, 0.3) is 5.56 Å². The number of fused-ring (bicyclic) bond motifs is 1. The van der Waals surface area contributed by atoms with Crippen molar-refractivity contribution in [3.8, 4) is 0 Å². The van der Waals surface area contributed by atoms with Gasteiger partial charge in [0, 0.05) is 0 Å². The highest BCUT2D eigenvalue weighted by atomic mass is 32.1. The number of thiazole rings is 1. The standard InChI is InChI=1S/C23H20N2O3S/c1-3-28-22(27)19-15(2)24-23-25(20(19)17-12-8-5-9-13-17)21(26)18(29-23)14-16-10-6-4-7-11-16/h4-14,20H,3H2,1-2H3/b18-14-/t20-/m1/s1. The van der Waals surface area contributed by atoms with Gasteiger partial charge in [0.2, 0.25) is 0 Å². The summed E-state index contributed by atoms with van der Waals surface area (Å²) in [5, 5.41) is 0. The van der Waals surface area contributed by atoms with Crippen LogP contribution in [0.5, 0.6) is 0 Å². The highest BCUT2D eigenvalue weighted by molar-refractivity contribution is 7.07. The Hall–Kier alpha value is -3.25. The zero-order valence-corrected chi connectivity index (χ0v) is 17.0. The maximum absolute atomic E-state index is 13.3. The fraction of sp³-hybridized carbons (Fsp3) is 0.174. The minimum Gasteiger partial charge on any atom is -0.463 e. The Morgan fingerprint density at radius 3 is 2.45 bits per heavy atom. The molecule has 3 aromatic rings. The summed E-state index contributed by atoms with van der Waals surface area (Å²) in [7, 11) is 0. The molecule has 1 atom stereocenters. The van der Waals surface area contributed by atoms with Crippen LogP contribution >= 0.6 is 11.3 Å². The van der Waals surface area contributed by atoms with Crippen LogP contribution in [0, 0.1) is 0 Å². The lowest BCUT2D eigenvalue weighted by atomic mass is 9.96. The van der Waals surface area contributed by atoms with E-state index in [1.807, 2.05) is 66.7 Å². The minimum absolute atomic E-state index is 0.166. The number of carbonyl (C=O) groups excluding carboxylic acids is 1. The molecule has 29 heavy (non-hydrogen) atoms. The minimum atomic E-state index is -0.565. The van der Waals surface area contributed by atoms with Crippen molar-refractivity contribution in [1.82, 2.24) is 4.57 Å². The maximum atomic E-state index is 13.3. The Kier molecular flexibility index (Phi) is 5.27. The van der Waals surface area contributed by atoms with E-state index in [-0.39, 0.29) is 12.2 Å². The van der Waals surface area contributed by atoms with Gasteiger partial charge < -0.3 is 4.74 Å². The lowest BCUT2D eigenvalue weighted by Crippen LogP contribution is -2.39. The van der Waals surface area contributed by atoms with Crippen molar-refractivity contribution in [3.63, 3.8) is 0 Å². The fourth-order valence-electron chi connectivity index (χ4n) is 3.44. The molecule has 4 rings (SSSR count). The summed E-state index contributed by atoms with van der Waals surface area (Å²) < 4.78 is 7.47. The number of carbonyl (C=O) groups is 1. The van der Waals surface area contributed by atoms with Gasteiger partial charge in [-0.3, -0.25) is 9.36 Å². The van der Waals surface area contributed by atoms with Gasteiger partial charge in [-0.1, -0.05) is 72.0 Å². The largest absolute Gasteiger partial charge is 0.463 e. The third-order valence-electron chi connectivity index (χ3n) is 4.73. The second kappa shape index (κ2) is 8.01. The van der Waals surface area contributed by atoms with Gasteiger partial charge in [0.15, 0.2) is 4.80 Å². The third-order valence-corrected chi connectivity index (χ3v) is 5.71. The molecule has 6 heteroatoms. The molecule has 2 aromatic carbocycles. The van der Waals surface area contributed by atoms with Gasteiger partial charge in [0.05, 0.1) is 28.5 Å². The Morgan fingerprint density at radius 1 is 1.14 bits per heavy atom. The van der Waals surface area contributed by atoms with Crippen LogP contribution in [0.2, 0.25) is 0 Å². The number of esters is 1. The van der Waals surface area contributed by atoms with E-state index in [1.165, 1.54) is 11.3 Å². The van der Waals surface area contributed by atoms with Crippen LogP contribution in [0.1, 0.15) is 31.0 Å². The predicted molar refractivity (Wildman–Crippen MR) is 113 cm³/mol. The third kappa shape index (κ3) is 3.59. The molecule has 2 heterocycles. The Morgan fingerprint density at radius 2 is 1.79 bits per heavy atom. The summed E-state index contributed by atoms with van der Waals surface area (Å²) in [5.41, 5.74) is 2.59.